The molecule has 0 unspecified atom stereocenters. The summed E-state index contributed by atoms with van der Waals surface area (Å²) in [5.41, 5.74) is 0.202. The Hall–Kier alpha value is -3.02. The van der Waals surface area contributed by atoms with Crippen molar-refractivity contribution in [3.8, 4) is 0 Å². The highest BCUT2D eigenvalue weighted by Crippen LogP contribution is 2.40. The van der Waals surface area contributed by atoms with Crippen LogP contribution in [-0.4, -0.2) is 44.7 Å². The van der Waals surface area contributed by atoms with Gasteiger partial charge in [-0.25, -0.2) is 0 Å². The lowest BCUT2D eigenvalue weighted by Gasteiger charge is -2.39. The normalized spacial score (nSPS) is 19.6. The summed E-state index contributed by atoms with van der Waals surface area (Å²) >= 11 is 0. The van der Waals surface area contributed by atoms with E-state index < -0.39 is 17.7 Å². The van der Waals surface area contributed by atoms with E-state index in [0.717, 1.165) is 0 Å². The molecule has 2 N–H and O–H groups in total. The number of pyridine rings is 1. The lowest BCUT2D eigenvalue weighted by atomic mass is 9.79. The Labute approximate surface area is 163 Å². The number of rotatable bonds is 4. The number of carbonyl (C=O) groups is 1. The van der Waals surface area contributed by atoms with Crippen LogP contribution in [0, 0.1) is 0 Å². The lowest BCUT2D eigenvalue weighted by Crippen LogP contribution is -2.50. The molecule has 5 heteroatoms. The number of aromatic nitrogens is 1. The number of benzene rings is 2. The number of aliphatic hydroxyl groups is 2. The van der Waals surface area contributed by atoms with Gasteiger partial charge >= 0.3 is 0 Å². The molecule has 2 aromatic carbocycles. The summed E-state index contributed by atoms with van der Waals surface area (Å²) in [6, 6.07) is 23.1. The molecule has 2 heterocycles. The Kier molecular flexibility index (Phi) is 4.94. The zero-order valence-electron chi connectivity index (χ0n) is 15.3. The predicted molar refractivity (Wildman–Crippen MR) is 106 cm³/mol. The Balaban J connectivity index is 1.82. The Morgan fingerprint density at radius 1 is 0.929 bits per heavy atom. The summed E-state index contributed by atoms with van der Waals surface area (Å²) in [5.74, 6) is -0.299. The molecule has 3 aromatic rings. The van der Waals surface area contributed by atoms with Crippen LogP contribution in [0.1, 0.15) is 28.0 Å². The fourth-order valence-electron chi connectivity index (χ4n) is 4.01. The largest absolute Gasteiger partial charge is 0.391 e. The number of aliphatic hydroxyl groups excluding tert-OH is 1. The smallest absolute Gasteiger partial charge is 0.272 e. The highest BCUT2D eigenvalue weighted by molar-refractivity contribution is 5.93. The van der Waals surface area contributed by atoms with Crippen LogP contribution in [0.5, 0.6) is 0 Å². The molecule has 0 radical (unpaired) electrons. The average molecular weight is 374 g/mol. The van der Waals surface area contributed by atoms with Gasteiger partial charge in [-0.2, -0.15) is 0 Å². The third kappa shape index (κ3) is 3.19. The first-order valence-electron chi connectivity index (χ1n) is 9.34. The van der Waals surface area contributed by atoms with Gasteiger partial charge in [-0.15, -0.1) is 0 Å². The molecule has 0 aliphatic carbocycles. The highest BCUT2D eigenvalue weighted by Gasteiger charge is 2.49. The van der Waals surface area contributed by atoms with Crippen molar-refractivity contribution in [2.75, 3.05) is 6.54 Å². The van der Waals surface area contributed by atoms with Crippen LogP contribution in [0.4, 0.5) is 0 Å². The summed E-state index contributed by atoms with van der Waals surface area (Å²) in [4.78, 5) is 18.9. The van der Waals surface area contributed by atoms with Gasteiger partial charge in [0.1, 0.15) is 11.3 Å². The molecule has 1 aliphatic rings. The van der Waals surface area contributed by atoms with Crippen LogP contribution in [-0.2, 0) is 5.60 Å². The molecule has 1 amide bonds. The first-order chi connectivity index (χ1) is 13.6. The third-order valence-electron chi connectivity index (χ3n) is 5.33. The van der Waals surface area contributed by atoms with Crippen molar-refractivity contribution in [1.29, 1.82) is 0 Å². The molecule has 1 aliphatic heterocycles. The maximum Gasteiger partial charge on any atom is 0.272 e. The molecule has 4 rings (SSSR count). The summed E-state index contributed by atoms with van der Waals surface area (Å²) < 4.78 is 0. The molecule has 28 heavy (non-hydrogen) atoms. The highest BCUT2D eigenvalue weighted by atomic mass is 16.3. The summed E-state index contributed by atoms with van der Waals surface area (Å²) in [6.07, 6.45) is 1.13. The predicted octanol–water partition coefficient (Wildman–Crippen LogP) is 2.59. The van der Waals surface area contributed by atoms with E-state index >= 15 is 0 Å². The zero-order chi connectivity index (χ0) is 19.6. The van der Waals surface area contributed by atoms with Crippen molar-refractivity contribution < 1.29 is 15.0 Å². The van der Waals surface area contributed by atoms with E-state index in [1.807, 2.05) is 60.7 Å². The molecule has 1 aromatic heterocycles. The maximum atomic E-state index is 13.2. The lowest BCUT2D eigenvalue weighted by molar-refractivity contribution is -0.00130. The minimum absolute atomic E-state index is 0.155. The Bertz CT molecular complexity index is 892. The van der Waals surface area contributed by atoms with E-state index in [1.54, 1.807) is 29.3 Å². The molecule has 0 bridgehead atoms. The van der Waals surface area contributed by atoms with E-state index in [1.165, 1.54) is 0 Å². The maximum absolute atomic E-state index is 13.2. The quantitative estimate of drug-likeness (QED) is 0.736. The van der Waals surface area contributed by atoms with Crippen LogP contribution < -0.4 is 0 Å². The number of β-amino-alcohol motifs (C(OH)–C–C–N with tert-alkyl or cyclic N) is 1. The van der Waals surface area contributed by atoms with E-state index in [9.17, 15) is 15.0 Å². The Morgan fingerprint density at radius 3 is 2.04 bits per heavy atom. The molecule has 2 atom stereocenters. The van der Waals surface area contributed by atoms with Crippen molar-refractivity contribution in [2.45, 2.75) is 24.2 Å². The number of likely N-dealkylation sites (tertiary alicyclic amines) is 1. The monoisotopic (exact) mass is 374 g/mol. The number of hydrogen-bond donors (Lipinski definition) is 2. The van der Waals surface area contributed by atoms with E-state index in [4.69, 9.17) is 0 Å². The Morgan fingerprint density at radius 2 is 1.50 bits per heavy atom. The van der Waals surface area contributed by atoms with Gasteiger partial charge in [0, 0.05) is 12.7 Å². The summed E-state index contributed by atoms with van der Waals surface area (Å²) in [6.45, 7) is 0.155. The zero-order valence-corrected chi connectivity index (χ0v) is 15.3. The minimum Gasteiger partial charge on any atom is -0.391 e. The SMILES string of the molecule is O=C(c1ccccn1)N1C[C@H](O)C[C@H]1C(O)(c1ccccc1)c1ccccc1. The van der Waals surface area contributed by atoms with Gasteiger partial charge < -0.3 is 15.1 Å². The van der Waals surface area contributed by atoms with E-state index in [-0.39, 0.29) is 18.9 Å². The standard InChI is InChI=1S/C23H22N2O3/c26-19-15-21(25(16-19)22(27)20-13-7-8-14-24-20)23(28,17-9-3-1-4-10-17)18-11-5-2-6-12-18/h1-14,19,21,26,28H,15-16H2/t19-,21+/m1/s1. The minimum atomic E-state index is -1.45. The number of carbonyl (C=O) groups excluding carboxylic acids is 1. The second kappa shape index (κ2) is 7.54. The van der Waals surface area contributed by atoms with Gasteiger partial charge in [0.2, 0.25) is 0 Å². The fourth-order valence-corrected chi connectivity index (χ4v) is 4.01. The second-order valence-electron chi connectivity index (χ2n) is 7.08. The van der Waals surface area contributed by atoms with Gasteiger partial charge in [0.15, 0.2) is 0 Å². The molecule has 0 saturated carbocycles. The molecule has 0 spiro atoms. The second-order valence-corrected chi connectivity index (χ2v) is 7.08. The fraction of sp³-hybridized carbons (Fsp3) is 0.217. The topological polar surface area (TPSA) is 73.7 Å². The third-order valence-corrected chi connectivity index (χ3v) is 5.33. The molecule has 1 fully saturated rings. The number of hydrogen-bond acceptors (Lipinski definition) is 4. The van der Waals surface area contributed by atoms with Crippen molar-refractivity contribution in [1.82, 2.24) is 9.88 Å². The summed E-state index contributed by atoms with van der Waals surface area (Å²) in [7, 11) is 0. The molecular weight excluding hydrogens is 352 g/mol. The first kappa shape index (κ1) is 18.3. The van der Waals surface area contributed by atoms with Crippen LogP contribution in [0.15, 0.2) is 85.1 Å². The average Bonchev–Trinajstić information content (AvgIpc) is 3.16. The van der Waals surface area contributed by atoms with Crippen molar-refractivity contribution in [3.05, 3.63) is 102 Å². The van der Waals surface area contributed by atoms with Crippen LogP contribution in [0.2, 0.25) is 0 Å². The van der Waals surface area contributed by atoms with E-state index in [0.29, 0.717) is 16.8 Å². The van der Waals surface area contributed by atoms with Crippen LogP contribution >= 0.6 is 0 Å². The van der Waals surface area contributed by atoms with Gasteiger partial charge in [-0.1, -0.05) is 66.7 Å². The van der Waals surface area contributed by atoms with Gasteiger partial charge in [0.05, 0.1) is 12.1 Å². The van der Waals surface area contributed by atoms with Gasteiger partial charge in [-0.3, -0.25) is 9.78 Å². The van der Waals surface area contributed by atoms with Gasteiger partial charge in [0.25, 0.3) is 5.91 Å². The first-order valence-corrected chi connectivity index (χ1v) is 9.34. The van der Waals surface area contributed by atoms with Crippen molar-refractivity contribution in [2.24, 2.45) is 0 Å². The van der Waals surface area contributed by atoms with Crippen molar-refractivity contribution in [3.63, 3.8) is 0 Å². The van der Waals surface area contributed by atoms with Crippen LogP contribution in [0.3, 0.4) is 0 Å². The van der Waals surface area contributed by atoms with Crippen molar-refractivity contribution >= 4 is 5.91 Å². The molecule has 5 nitrogen and oxygen atoms in total. The molecule has 1 saturated heterocycles. The van der Waals surface area contributed by atoms with Crippen LogP contribution in [0.25, 0.3) is 0 Å². The van der Waals surface area contributed by atoms with E-state index in [2.05, 4.69) is 4.98 Å². The number of amides is 1. The molecule has 142 valence electrons. The van der Waals surface area contributed by atoms with Gasteiger partial charge in [-0.05, 0) is 29.7 Å². The number of nitrogens with zero attached hydrogens (tertiary/aromatic N) is 2. The summed E-state index contributed by atoms with van der Waals surface area (Å²) in [5, 5.41) is 22.4. The molecular formula is C23H22N2O3.